The lowest BCUT2D eigenvalue weighted by Crippen LogP contribution is -2.35. The van der Waals surface area contributed by atoms with E-state index < -0.39 is 12.0 Å². The lowest BCUT2D eigenvalue weighted by atomic mass is 10.3. The number of primary amides is 1. The summed E-state index contributed by atoms with van der Waals surface area (Å²) >= 11 is 0. The summed E-state index contributed by atoms with van der Waals surface area (Å²) in [4.78, 5) is 11.1. The number of aliphatic hydroxyl groups is 1. The molecule has 0 saturated carbocycles. The molecule has 1 aromatic heterocycles. The normalized spacial score (nSPS) is 12.8. The predicted molar refractivity (Wildman–Crippen MR) is 53.9 cm³/mol. The molecular weight excluding hydrogens is 212 g/mol. The molecule has 1 heterocycles. The molecule has 1 aromatic carbocycles. The Bertz CT molecular complexity index is 537. The van der Waals surface area contributed by atoms with Crippen molar-refractivity contribution in [2.24, 2.45) is 5.73 Å². The van der Waals surface area contributed by atoms with E-state index in [4.69, 9.17) is 5.73 Å². The summed E-state index contributed by atoms with van der Waals surface area (Å²) in [6.07, 6.45) is -1.36. The molecular formula is C9H10N4O3. The molecule has 7 nitrogen and oxygen atoms in total. The number of rotatable bonds is 3. The highest BCUT2D eigenvalue weighted by atomic mass is 16.5. The van der Waals surface area contributed by atoms with Crippen molar-refractivity contribution in [2.75, 3.05) is 0 Å². The minimum absolute atomic E-state index is 0.134. The van der Waals surface area contributed by atoms with Crippen molar-refractivity contribution in [2.45, 2.75) is 12.6 Å². The van der Waals surface area contributed by atoms with Gasteiger partial charge in [-0.05, 0) is 12.1 Å². The van der Waals surface area contributed by atoms with Crippen LogP contribution in [0, 0.1) is 5.21 Å². The first-order valence-corrected chi connectivity index (χ1v) is 4.62. The molecule has 0 spiro atoms. The number of amides is 1. The molecule has 84 valence electrons. The van der Waals surface area contributed by atoms with Crippen molar-refractivity contribution in [1.29, 1.82) is 0 Å². The molecule has 0 saturated heterocycles. The van der Waals surface area contributed by atoms with E-state index in [9.17, 15) is 15.1 Å². The third kappa shape index (κ3) is 1.68. The predicted octanol–water partition coefficient (Wildman–Crippen LogP) is -1.48. The van der Waals surface area contributed by atoms with E-state index in [0.29, 0.717) is 15.9 Å². The highest BCUT2D eigenvalue weighted by Crippen LogP contribution is 2.08. The summed E-state index contributed by atoms with van der Waals surface area (Å²) in [5.41, 5.74) is 5.83. The second-order valence-electron chi connectivity index (χ2n) is 3.35. The maximum Gasteiger partial charge on any atom is 0.250 e. The minimum Gasteiger partial charge on any atom is -0.691 e. The van der Waals surface area contributed by atoms with Crippen LogP contribution in [0.3, 0.4) is 0 Å². The SMILES string of the molecule is NC(=O)C(O)Cn1n[n+]([O-])c2ccccc21. The molecule has 0 fully saturated rings. The first kappa shape index (κ1) is 10.4. The largest absolute Gasteiger partial charge is 0.691 e. The topological polar surface area (TPSA) is 108 Å². The fraction of sp³-hybridized carbons (Fsp3) is 0.222. The molecule has 3 N–H and O–H groups in total. The second kappa shape index (κ2) is 3.78. The van der Waals surface area contributed by atoms with Crippen LogP contribution in [0.15, 0.2) is 24.3 Å². The fourth-order valence-corrected chi connectivity index (χ4v) is 1.43. The second-order valence-corrected chi connectivity index (χ2v) is 3.35. The first-order chi connectivity index (χ1) is 7.59. The van der Waals surface area contributed by atoms with Crippen LogP contribution in [0.2, 0.25) is 0 Å². The van der Waals surface area contributed by atoms with E-state index in [-0.39, 0.29) is 6.54 Å². The molecule has 7 heteroatoms. The standard InChI is InChI=1S/C9H10N4O3/c10-9(15)8(14)5-12-6-3-1-2-4-7(6)13(16)11-12/h1-4,8,14H,5H2,(H2,10,15). The zero-order valence-corrected chi connectivity index (χ0v) is 8.28. The van der Waals surface area contributed by atoms with Crippen molar-refractivity contribution in [3.63, 3.8) is 0 Å². The Morgan fingerprint density at radius 3 is 3.00 bits per heavy atom. The first-order valence-electron chi connectivity index (χ1n) is 4.62. The van der Waals surface area contributed by atoms with Crippen molar-refractivity contribution in [3.05, 3.63) is 29.5 Å². The number of aliphatic hydroxyl groups excluding tert-OH is 1. The van der Waals surface area contributed by atoms with Gasteiger partial charge in [0.15, 0.2) is 11.6 Å². The minimum atomic E-state index is -1.36. The van der Waals surface area contributed by atoms with E-state index in [1.165, 1.54) is 4.68 Å². The zero-order valence-electron chi connectivity index (χ0n) is 8.28. The molecule has 2 aromatic rings. The van der Waals surface area contributed by atoms with Crippen LogP contribution in [-0.2, 0) is 11.3 Å². The van der Waals surface area contributed by atoms with Gasteiger partial charge in [0.05, 0.1) is 5.21 Å². The number of carbonyl (C=O) groups excluding carboxylic acids is 1. The number of benzene rings is 1. The average molecular weight is 222 g/mol. The number of nitrogens with two attached hydrogens (primary N) is 1. The lowest BCUT2D eigenvalue weighted by Gasteiger charge is -2.01. The highest BCUT2D eigenvalue weighted by molar-refractivity contribution is 5.78. The Morgan fingerprint density at radius 2 is 2.31 bits per heavy atom. The Balaban J connectivity index is 2.42. The molecule has 16 heavy (non-hydrogen) atoms. The van der Waals surface area contributed by atoms with Gasteiger partial charge in [0.1, 0.15) is 6.54 Å². The third-order valence-corrected chi connectivity index (χ3v) is 2.23. The van der Waals surface area contributed by atoms with E-state index >= 15 is 0 Å². The van der Waals surface area contributed by atoms with Gasteiger partial charge in [-0.3, -0.25) is 4.79 Å². The lowest BCUT2D eigenvalue weighted by molar-refractivity contribution is -0.646. The van der Waals surface area contributed by atoms with Crippen LogP contribution >= 0.6 is 0 Å². The van der Waals surface area contributed by atoms with Gasteiger partial charge in [0, 0.05) is 0 Å². The molecule has 2 rings (SSSR count). The van der Waals surface area contributed by atoms with Crippen LogP contribution in [0.4, 0.5) is 0 Å². The van der Waals surface area contributed by atoms with Gasteiger partial charge in [-0.15, -0.1) is 9.53 Å². The van der Waals surface area contributed by atoms with Gasteiger partial charge in [0.25, 0.3) is 0 Å². The maximum atomic E-state index is 11.3. The number of fused-ring (bicyclic) bond motifs is 1. The van der Waals surface area contributed by atoms with E-state index in [2.05, 4.69) is 5.21 Å². The number of nitrogens with zero attached hydrogens (tertiary/aromatic N) is 3. The monoisotopic (exact) mass is 222 g/mol. The summed E-state index contributed by atoms with van der Waals surface area (Å²) in [5.74, 6) is -0.850. The molecule has 0 bridgehead atoms. The van der Waals surface area contributed by atoms with Crippen molar-refractivity contribution in [3.8, 4) is 0 Å². The van der Waals surface area contributed by atoms with Crippen molar-refractivity contribution < 1.29 is 14.7 Å². The smallest absolute Gasteiger partial charge is 0.250 e. The van der Waals surface area contributed by atoms with Gasteiger partial charge in [-0.1, -0.05) is 12.1 Å². The van der Waals surface area contributed by atoms with Gasteiger partial charge >= 0.3 is 0 Å². The number of aromatic nitrogens is 3. The number of carbonyl (C=O) groups is 1. The highest BCUT2D eigenvalue weighted by Gasteiger charge is 2.20. The van der Waals surface area contributed by atoms with E-state index in [1.54, 1.807) is 24.3 Å². The molecule has 0 radical (unpaired) electrons. The summed E-state index contributed by atoms with van der Waals surface area (Å²) in [7, 11) is 0. The number of hydrogen-bond donors (Lipinski definition) is 2. The Labute approximate surface area is 90.3 Å². The van der Waals surface area contributed by atoms with Crippen molar-refractivity contribution >= 4 is 16.9 Å². The van der Waals surface area contributed by atoms with E-state index in [0.717, 1.165) is 0 Å². The van der Waals surface area contributed by atoms with Gasteiger partial charge < -0.3 is 16.0 Å². The number of para-hydroxylation sites is 2. The number of hydrogen-bond acceptors (Lipinski definition) is 4. The van der Waals surface area contributed by atoms with Crippen LogP contribution in [-0.4, -0.2) is 27.0 Å². The maximum absolute atomic E-state index is 11.3. The van der Waals surface area contributed by atoms with Gasteiger partial charge in [0.2, 0.25) is 11.4 Å². The van der Waals surface area contributed by atoms with Crippen LogP contribution in [0.1, 0.15) is 0 Å². The van der Waals surface area contributed by atoms with Gasteiger partial charge in [-0.25, -0.2) is 0 Å². The molecule has 0 aliphatic heterocycles. The van der Waals surface area contributed by atoms with Crippen LogP contribution in [0.25, 0.3) is 11.0 Å². The Morgan fingerprint density at radius 1 is 1.62 bits per heavy atom. The fourth-order valence-electron chi connectivity index (χ4n) is 1.43. The summed E-state index contributed by atoms with van der Waals surface area (Å²) in [5, 5.41) is 24.3. The Hall–Kier alpha value is -2.15. The summed E-state index contributed by atoms with van der Waals surface area (Å²) < 4.78 is 1.25. The summed E-state index contributed by atoms with van der Waals surface area (Å²) in [6, 6.07) is 6.71. The van der Waals surface area contributed by atoms with Crippen LogP contribution < -0.4 is 10.6 Å². The van der Waals surface area contributed by atoms with Crippen LogP contribution in [0.5, 0.6) is 0 Å². The molecule has 1 unspecified atom stereocenters. The third-order valence-electron chi connectivity index (χ3n) is 2.23. The molecule has 0 aliphatic rings. The van der Waals surface area contributed by atoms with E-state index in [1.807, 2.05) is 0 Å². The summed E-state index contributed by atoms with van der Waals surface area (Å²) in [6.45, 7) is -0.134. The molecule has 0 aliphatic carbocycles. The van der Waals surface area contributed by atoms with Crippen molar-refractivity contribution in [1.82, 2.24) is 9.90 Å². The van der Waals surface area contributed by atoms with Gasteiger partial charge in [-0.2, -0.15) is 0 Å². The quantitative estimate of drug-likeness (QED) is 0.487. The average Bonchev–Trinajstić information content (AvgIpc) is 2.57. The Kier molecular flexibility index (Phi) is 2.45. The zero-order chi connectivity index (χ0) is 11.7. The molecule has 1 amide bonds. The molecule has 1 atom stereocenters.